The van der Waals surface area contributed by atoms with Gasteiger partial charge in [-0.3, -0.25) is 14.7 Å². The quantitative estimate of drug-likeness (QED) is 0.729. The van der Waals surface area contributed by atoms with E-state index < -0.39 is 17.8 Å². The number of carboxylic acids is 1. The summed E-state index contributed by atoms with van der Waals surface area (Å²) in [6.07, 6.45) is 1.65. The van der Waals surface area contributed by atoms with Crippen molar-refractivity contribution in [3.63, 3.8) is 0 Å². The Morgan fingerprint density at radius 3 is 2.47 bits per heavy atom. The highest BCUT2D eigenvalue weighted by Crippen LogP contribution is 2.19. The molecule has 1 heterocycles. The Morgan fingerprint density at radius 2 is 1.95 bits per heavy atom. The molecule has 6 heteroatoms. The third-order valence-electron chi connectivity index (χ3n) is 2.73. The van der Waals surface area contributed by atoms with E-state index in [2.05, 4.69) is 15.5 Å². The van der Waals surface area contributed by atoms with Crippen molar-refractivity contribution in [1.29, 1.82) is 0 Å². The summed E-state index contributed by atoms with van der Waals surface area (Å²) < 4.78 is 0. The number of anilines is 1. The van der Waals surface area contributed by atoms with E-state index in [4.69, 9.17) is 5.11 Å². The van der Waals surface area contributed by atoms with Crippen LogP contribution in [0.2, 0.25) is 0 Å². The fourth-order valence-electron chi connectivity index (χ4n) is 1.51. The highest BCUT2D eigenvalue weighted by atomic mass is 16.4. The number of nitrogens with one attached hydrogen (secondary N) is 2. The van der Waals surface area contributed by atoms with Crippen LogP contribution in [0.1, 0.15) is 6.92 Å². The van der Waals surface area contributed by atoms with Gasteiger partial charge in [0, 0.05) is 11.9 Å². The lowest BCUT2D eigenvalue weighted by molar-refractivity contribution is -0.144. The molecule has 0 bridgehead atoms. The summed E-state index contributed by atoms with van der Waals surface area (Å²) in [4.78, 5) is 22.2. The van der Waals surface area contributed by atoms with Gasteiger partial charge in [0.25, 0.3) is 0 Å². The molecule has 0 aliphatic carbocycles. The molecule has 3 N–H and O–H groups in total. The van der Waals surface area contributed by atoms with Crippen molar-refractivity contribution in [3.8, 4) is 11.3 Å². The number of amides is 1. The number of aromatic amines is 1. The summed E-state index contributed by atoms with van der Waals surface area (Å²) in [7, 11) is 0. The highest BCUT2D eigenvalue weighted by molar-refractivity contribution is 6.03. The van der Waals surface area contributed by atoms with Crippen LogP contribution >= 0.6 is 0 Å². The predicted octanol–water partition coefficient (Wildman–Crippen LogP) is 1.74. The minimum Gasteiger partial charge on any atom is -0.481 e. The molecule has 0 saturated carbocycles. The SMILES string of the molecule is CC(C(=O)O)C(=O)Nc1ccc(-c2ccn[nH]2)cc1. The number of hydrogen-bond acceptors (Lipinski definition) is 3. The number of carbonyl (C=O) groups excluding carboxylic acids is 1. The van der Waals surface area contributed by atoms with E-state index in [1.54, 1.807) is 18.3 Å². The van der Waals surface area contributed by atoms with Crippen molar-refractivity contribution in [2.75, 3.05) is 5.32 Å². The molecule has 2 aromatic rings. The lowest BCUT2D eigenvalue weighted by Gasteiger charge is -2.08. The van der Waals surface area contributed by atoms with Gasteiger partial charge in [-0.05, 0) is 30.7 Å². The molecule has 0 saturated heterocycles. The second-order valence-electron chi connectivity index (χ2n) is 4.10. The van der Waals surface area contributed by atoms with E-state index in [1.807, 2.05) is 18.2 Å². The van der Waals surface area contributed by atoms with Gasteiger partial charge >= 0.3 is 5.97 Å². The van der Waals surface area contributed by atoms with Crippen molar-refractivity contribution >= 4 is 17.6 Å². The fourth-order valence-corrected chi connectivity index (χ4v) is 1.51. The van der Waals surface area contributed by atoms with Crippen LogP contribution in [0, 0.1) is 5.92 Å². The molecule has 98 valence electrons. The van der Waals surface area contributed by atoms with Crippen LogP contribution in [0.15, 0.2) is 36.5 Å². The number of aromatic nitrogens is 2. The molecule has 19 heavy (non-hydrogen) atoms. The van der Waals surface area contributed by atoms with Crippen LogP contribution in [0.4, 0.5) is 5.69 Å². The predicted molar refractivity (Wildman–Crippen MR) is 69.5 cm³/mol. The zero-order chi connectivity index (χ0) is 13.8. The number of carbonyl (C=O) groups is 2. The average Bonchev–Trinajstić information content (AvgIpc) is 2.92. The van der Waals surface area contributed by atoms with Gasteiger partial charge in [0.2, 0.25) is 5.91 Å². The van der Waals surface area contributed by atoms with Crippen LogP contribution in [-0.2, 0) is 9.59 Å². The smallest absolute Gasteiger partial charge is 0.315 e. The van der Waals surface area contributed by atoms with E-state index >= 15 is 0 Å². The lowest BCUT2D eigenvalue weighted by Crippen LogP contribution is -2.26. The average molecular weight is 259 g/mol. The first kappa shape index (κ1) is 12.8. The number of carboxylic acid groups (broad SMARTS) is 1. The van der Waals surface area contributed by atoms with Crippen molar-refractivity contribution in [1.82, 2.24) is 10.2 Å². The van der Waals surface area contributed by atoms with Crippen molar-refractivity contribution < 1.29 is 14.7 Å². The third-order valence-corrected chi connectivity index (χ3v) is 2.73. The summed E-state index contributed by atoms with van der Waals surface area (Å²) in [5, 5.41) is 18.0. The van der Waals surface area contributed by atoms with Gasteiger partial charge < -0.3 is 10.4 Å². The van der Waals surface area contributed by atoms with E-state index in [0.717, 1.165) is 11.3 Å². The largest absolute Gasteiger partial charge is 0.481 e. The van der Waals surface area contributed by atoms with Crippen LogP contribution in [0.25, 0.3) is 11.3 Å². The molecule has 1 aromatic heterocycles. The molecular weight excluding hydrogens is 246 g/mol. The molecule has 0 fully saturated rings. The fraction of sp³-hybridized carbons (Fsp3) is 0.154. The van der Waals surface area contributed by atoms with Gasteiger partial charge in [-0.1, -0.05) is 12.1 Å². The Bertz CT molecular complexity index is 576. The second-order valence-corrected chi connectivity index (χ2v) is 4.10. The minimum absolute atomic E-state index is 0.540. The summed E-state index contributed by atoms with van der Waals surface area (Å²) in [5.74, 6) is -2.76. The Morgan fingerprint density at radius 1 is 1.26 bits per heavy atom. The number of aliphatic carboxylic acids is 1. The van der Waals surface area contributed by atoms with Crippen molar-refractivity contribution in [2.45, 2.75) is 6.92 Å². The third kappa shape index (κ3) is 2.98. The van der Waals surface area contributed by atoms with E-state index in [0.29, 0.717) is 5.69 Å². The van der Waals surface area contributed by atoms with Gasteiger partial charge in [-0.25, -0.2) is 0 Å². The number of H-pyrrole nitrogens is 1. The standard InChI is InChI=1S/C13H13N3O3/c1-8(13(18)19)12(17)15-10-4-2-9(3-5-10)11-6-7-14-16-11/h2-8H,1H3,(H,14,16)(H,15,17)(H,18,19). The maximum Gasteiger partial charge on any atom is 0.315 e. The number of benzene rings is 1. The molecule has 0 aliphatic heterocycles. The molecule has 0 spiro atoms. The molecule has 0 aliphatic rings. The molecule has 0 radical (unpaired) electrons. The van der Waals surface area contributed by atoms with Crippen LogP contribution in [0.5, 0.6) is 0 Å². The maximum absolute atomic E-state index is 11.6. The second kappa shape index (κ2) is 5.34. The normalized spacial score (nSPS) is 11.8. The molecule has 2 rings (SSSR count). The molecule has 1 aromatic carbocycles. The van der Waals surface area contributed by atoms with E-state index in [1.165, 1.54) is 6.92 Å². The van der Waals surface area contributed by atoms with Gasteiger partial charge in [-0.15, -0.1) is 0 Å². The Kier molecular flexibility index (Phi) is 3.61. The number of rotatable bonds is 4. The first-order valence-electron chi connectivity index (χ1n) is 5.71. The molecular formula is C13H13N3O3. The maximum atomic E-state index is 11.6. The Labute approximate surface area is 109 Å². The van der Waals surface area contributed by atoms with Gasteiger partial charge in [0.05, 0.1) is 5.69 Å². The zero-order valence-corrected chi connectivity index (χ0v) is 10.3. The van der Waals surface area contributed by atoms with Crippen molar-refractivity contribution in [3.05, 3.63) is 36.5 Å². The summed E-state index contributed by atoms with van der Waals surface area (Å²) in [6, 6.07) is 8.88. The summed E-state index contributed by atoms with van der Waals surface area (Å²) >= 11 is 0. The first-order valence-corrected chi connectivity index (χ1v) is 5.71. The minimum atomic E-state index is -1.15. The lowest BCUT2D eigenvalue weighted by atomic mass is 10.1. The van der Waals surface area contributed by atoms with E-state index in [-0.39, 0.29) is 0 Å². The van der Waals surface area contributed by atoms with Crippen LogP contribution in [-0.4, -0.2) is 27.2 Å². The molecule has 6 nitrogen and oxygen atoms in total. The topological polar surface area (TPSA) is 95.1 Å². The Balaban J connectivity index is 2.07. The molecule has 1 unspecified atom stereocenters. The first-order chi connectivity index (χ1) is 9.08. The number of hydrogen-bond donors (Lipinski definition) is 3. The number of nitrogens with zero attached hydrogens (tertiary/aromatic N) is 1. The molecule has 1 atom stereocenters. The summed E-state index contributed by atoms with van der Waals surface area (Å²) in [6.45, 7) is 1.34. The van der Waals surface area contributed by atoms with Gasteiger partial charge in [0.15, 0.2) is 0 Å². The zero-order valence-electron chi connectivity index (χ0n) is 10.3. The highest BCUT2D eigenvalue weighted by Gasteiger charge is 2.20. The Hall–Kier alpha value is -2.63. The van der Waals surface area contributed by atoms with E-state index in [9.17, 15) is 9.59 Å². The van der Waals surface area contributed by atoms with Crippen LogP contribution < -0.4 is 5.32 Å². The van der Waals surface area contributed by atoms with Crippen LogP contribution in [0.3, 0.4) is 0 Å². The summed E-state index contributed by atoms with van der Waals surface area (Å²) in [5.41, 5.74) is 2.36. The monoisotopic (exact) mass is 259 g/mol. The van der Waals surface area contributed by atoms with Crippen molar-refractivity contribution in [2.24, 2.45) is 5.92 Å². The van der Waals surface area contributed by atoms with Gasteiger partial charge in [-0.2, -0.15) is 5.10 Å². The van der Waals surface area contributed by atoms with Gasteiger partial charge in [0.1, 0.15) is 5.92 Å². The molecule has 1 amide bonds.